The molecule has 0 radical (unpaired) electrons. The Balaban J connectivity index is 3.01. The van der Waals surface area contributed by atoms with Gasteiger partial charge in [-0.15, -0.1) is 4.91 Å². The lowest BCUT2D eigenvalue weighted by molar-refractivity contribution is -0.384. The van der Waals surface area contributed by atoms with Gasteiger partial charge in [0.25, 0.3) is 5.69 Å². The van der Waals surface area contributed by atoms with Gasteiger partial charge in [0, 0.05) is 12.1 Å². The Labute approximate surface area is 89.2 Å². The minimum absolute atomic E-state index is 0.0617. The van der Waals surface area contributed by atoms with Gasteiger partial charge in [-0.3, -0.25) is 14.9 Å². The lowest BCUT2D eigenvalue weighted by Crippen LogP contribution is -2.23. The summed E-state index contributed by atoms with van der Waals surface area (Å²) in [7, 11) is 0. The molecule has 0 aliphatic heterocycles. The minimum Gasteiger partial charge on any atom is -0.480 e. The van der Waals surface area contributed by atoms with E-state index in [1.165, 1.54) is 18.2 Å². The Morgan fingerprint density at radius 3 is 2.75 bits per heavy atom. The van der Waals surface area contributed by atoms with Gasteiger partial charge in [-0.1, -0.05) is 6.07 Å². The van der Waals surface area contributed by atoms with Gasteiger partial charge in [-0.05, 0) is 6.07 Å². The number of hydrogen-bond acceptors (Lipinski definition) is 5. The topological polar surface area (TPSA) is 113 Å². The second kappa shape index (κ2) is 4.82. The summed E-state index contributed by atoms with van der Waals surface area (Å²) in [6.07, 6.45) is 0. The number of anilines is 1. The average Bonchev–Trinajstić information content (AvgIpc) is 2.25. The van der Waals surface area contributed by atoms with Crippen molar-refractivity contribution in [2.45, 2.75) is 0 Å². The van der Waals surface area contributed by atoms with E-state index in [0.29, 0.717) is 5.01 Å². The lowest BCUT2D eigenvalue weighted by atomic mass is 10.3. The van der Waals surface area contributed by atoms with Crippen molar-refractivity contribution in [2.75, 3.05) is 11.6 Å². The summed E-state index contributed by atoms with van der Waals surface area (Å²) in [6, 6.07) is 5.00. The Hall–Kier alpha value is -2.51. The first-order valence-corrected chi connectivity index (χ1v) is 4.11. The van der Waals surface area contributed by atoms with E-state index in [-0.39, 0.29) is 11.4 Å². The molecule has 84 valence electrons. The summed E-state index contributed by atoms with van der Waals surface area (Å²) in [5.41, 5.74) is -0.178. The summed E-state index contributed by atoms with van der Waals surface area (Å²) in [4.78, 5) is 30.6. The summed E-state index contributed by atoms with van der Waals surface area (Å²) >= 11 is 0. The highest BCUT2D eigenvalue weighted by Crippen LogP contribution is 2.20. The number of carbonyl (C=O) groups is 1. The fraction of sp³-hybridized carbons (Fsp3) is 0.125. The van der Waals surface area contributed by atoms with E-state index in [2.05, 4.69) is 5.29 Å². The third kappa shape index (κ3) is 2.74. The SMILES string of the molecule is O=NN(CC(=O)O)c1cccc([N+](=O)[O-])c1. The number of aliphatic carboxylic acids is 1. The number of nitroso groups, excluding NO2 is 1. The quantitative estimate of drug-likeness (QED) is 0.457. The van der Waals surface area contributed by atoms with Gasteiger partial charge in [0.2, 0.25) is 0 Å². The first-order valence-electron chi connectivity index (χ1n) is 4.11. The van der Waals surface area contributed by atoms with E-state index in [9.17, 15) is 19.8 Å². The Morgan fingerprint density at radius 2 is 2.25 bits per heavy atom. The normalized spacial score (nSPS) is 9.50. The molecule has 0 bridgehead atoms. The smallest absolute Gasteiger partial charge is 0.325 e. The molecule has 0 atom stereocenters. The predicted octanol–water partition coefficient (Wildman–Crippen LogP) is 1.17. The first kappa shape index (κ1) is 11.6. The Kier molecular flexibility index (Phi) is 3.49. The number of benzene rings is 1. The fourth-order valence-electron chi connectivity index (χ4n) is 1.06. The van der Waals surface area contributed by atoms with Crippen LogP contribution in [0.15, 0.2) is 29.6 Å². The van der Waals surface area contributed by atoms with Crippen LogP contribution in [-0.4, -0.2) is 22.5 Å². The largest absolute Gasteiger partial charge is 0.480 e. The van der Waals surface area contributed by atoms with E-state index in [4.69, 9.17) is 5.11 Å². The summed E-state index contributed by atoms with van der Waals surface area (Å²) in [5.74, 6) is -1.26. The molecule has 0 amide bonds. The number of nitrogens with zero attached hydrogens (tertiary/aromatic N) is 3. The van der Waals surface area contributed by atoms with Crippen LogP contribution in [0.3, 0.4) is 0 Å². The molecule has 8 nitrogen and oxygen atoms in total. The maximum atomic E-state index is 10.4. The van der Waals surface area contributed by atoms with E-state index in [1.54, 1.807) is 0 Å². The summed E-state index contributed by atoms with van der Waals surface area (Å²) in [6.45, 7) is -0.648. The second-order valence-corrected chi connectivity index (χ2v) is 2.81. The predicted molar refractivity (Wildman–Crippen MR) is 53.9 cm³/mol. The first-order chi connectivity index (χ1) is 7.54. The minimum atomic E-state index is -1.26. The van der Waals surface area contributed by atoms with Gasteiger partial charge in [-0.25, -0.2) is 5.01 Å². The highest BCUT2D eigenvalue weighted by atomic mass is 16.6. The van der Waals surface area contributed by atoms with Gasteiger partial charge >= 0.3 is 5.97 Å². The number of nitro benzene ring substituents is 1. The maximum Gasteiger partial charge on any atom is 0.325 e. The zero-order valence-corrected chi connectivity index (χ0v) is 7.94. The Morgan fingerprint density at radius 1 is 1.56 bits per heavy atom. The second-order valence-electron chi connectivity index (χ2n) is 2.81. The zero-order valence-electron chi connectivity index (χ0n) is 7.94. The molecule has 0 aliphatic rings. The maximum absolute atomic E-state index is 10.4. The van der Waals surface area contributed by atoms with E-state index in [1.807, 2.05) is 0 Å². The number of nitro groups is 1. The van der Waals surface area contributed by atoms with Crippen molar-refractivity contribution in [3.8, 4) is 0 Å². The zero-order chi connectivity index (χ0) is 12.1. The molecule has 0 spiro atoms. The third-order valence-electron chi connectivity index (χ3n) is 1.72. The molecule has 0 fully saturated rings. The molecule has 1 N–H and O–H groups in total. The molecule has 8 heteroatoms. The molecule has 1 aromatic rings. The van der Waals surface area contributed by atoms with Crippen molar-refractivity contribution in [1.29, 1.82) is 0 Å². The van der Waals surface area contributed by atoms with E-state index < -0.39 is 17.4 Å². The van der Waals surface area contributed by atoms with Crippen LogP contribution < -0.4 is 5.01 Å². The summed E-state index contributed by atoms with van der Waals surface area (Å²) in [5, 5.41) is 22.0. The molecular formula is C8H7N3O5. The van der Waals surface area contributed by atoms with Crippen LogP contribution in [0.2, 0.25) is 0 Å². The van der Waals surface area contributed by atoms with Crippen molar-refractivity contribution < 1.29 is 14.8 Å². The van der Waals surface area contributed by atoms with Crippen LogP contribution >= 0.6 is 0 Å². The molecular weight excluding hydrogens is 218 g/mol. The van der Waals surface area contributed by atoms with Crippen molar-refractivity contribution in [3.05, 3.63) is 39.3 Å². The highest BCUT2D eigenvalue weighted by molar-refractivity contribution is 5.73. The van der Waals surface area contributed by atoms with Gasteiger partial charge in [0.15, 0.2) is 0 Å². The lowest BCUT2D eigenvalue weighted by Gasteiger charge is -2.11. The molecule has 0 unspecified atom stereocenters. The van der Waals surface area contributed by atoms with Crippen LogP contribution in [0.5, 0.6) is 0 Å². The van der Waals surface area contributed by atoms with E-state index >= 15 is 0 Å². The van der Waals surface area contributed by atoms with Crippen molar-refractivity contribution in [2.24, 2.45) is 5.29 Å². The molecule has 0 heterocycles. The van der Waals surface area contributed by atoms with Crippen LogP contribution in [0.1, 0.15) is 0 Å². The van der Waals surface area contributed by atoms with Crippen LogP contribution in [0.4, 0.5) is 11.4 Å². The van der Waals surface area contributed by atoms with Gasteiger partial charge in [0.1, 0.15) is 6.54 Å². The fourth-order valence-corrected chi connectivity index (χ4v) is 1.06. The number of non-ortho nitro benzene ring substituents is 1. The number of carboxylic acids is 1. The van der Waals surface area contributed by atoms with Gasteiger partial charge < -0.3 is 5.11 Å². The average molecular weight is 225 g/mol. The molecule has 0 aromatic heterocycles. The third-order valence-corrected chi connectivity index (χ3v) is 1.72. The molecule has 0 saturated carbocycles. The van der Waals surface area contributed by atoms with Crippen LogP contribution in [-0.2, 0) is 4.79 Å². The monoisotopic (exact) mass is 225 g/mol. The molecule has 0 aliphatic carbocycles. The summed E-state index contributed by atoms with van der Waals surface area (Å²) < 4.78 is 0. The number of carboxylic acid groups (broad SMARTS) is 1. The Bertz CT molecular complexity index is 433. The number of hydrogen-bond donors (Lipinski definition) is 1. The highest BCUT2D eigenvalue weighted by Gasteiger charge is 2.14. The van der Waals surface area contributed by atoms with Crippen LogP contribution in [0, 0.1) is 15.0 Å². The van der Waals surface area contributed by atoms with Gasteiger partial charge in [0.05, 0.1) is 15.9 Å². The number of rotatable bonds is 5. The molecule has 1 rings (SSSR count). The van der Waals surface area contributed by atoms with Crippen molar-refractivity contribution in [1.82, 2.24) is 0 Å². The molecule has 16 heavy (non-hydrogen) atoms. The molecule has 1 aromatic carbocycles. The van der Waals surface area contributed by atoms with Crippen molar-refractivity contribution in [3.63, 3.8) is 0 Å². The van der Waals surface area contributed by atoms with Crippen LogP contribution in [0.25, 0.3) is 0 Å². The molecule has 0 saturated heterocycles. The van der Waals surface area contributed by atoms with Gasteiger partial charge in [-0.2, -0.15) is 0 Å². The van der Waals surface area contributed by atoms with E-state index in [0.717, 1.165) is 6.07 Å². The van der Waals surface area contributed by atoms with Crippen molar-refractivity contribution >= 4 is 17.3 Å². The standard InChI is InChI=1S/C8H7N3O5/c12-8(13)5-10(9-14)6-2-1-3-7(4-6)11(15)16/h1-4H,5H2,(H,12,13).